The topological polar surface area (TPSA) is 213 Å². The second kappa shape index (κ2) is 16.3. The molecule has 3 amide bonds. The molecular formula is C43H44N12O6. The van der Waals surface area contributed by atoms with Gasteiger partial charge in [-0.1, -0.05) is 36.4 Å². The monoisotopic (exact) mass is 824 g/mol. The summed E-state index contributed by atoms with van der Waals surface area (Å²) in [6, 6.07) is 22.1. The fourth-order valence-electron chi connectivity index (χ4n) is 8.74. The van der Waals surface area contributed by atoms with Crippen molar-refractivity contribution in [3.8, 4) is 22.3 Å². The van der Waals surface area contributed by atoms with Crippen molar-refractivity contribution in [2.24, 2.45) is 0 Å². The van der Waals surface area contributed by atoms with Gasteiger partial charge in [-0.25, -0.2) is 14.8 Å². The predicted octanol–water partition coefficient (Wildman–Crippen LogP) is 4.78. The van der Waals surface area contributed by atoms with Crippen LogP contribution in [0.5, 0.6) is 0 Å². The van der Waals surface area contributed by atoms with Crippen LogP contribution in [0.15, 0.2) is 97.6 Å². The fraction of sp³-hybridized carbons (Fsp3) is 0.326. The van der Waals surface area contributed by atoms with Crippen LogP contribution in [0.1, 0.15) is 49.4 Å². The van der Waals surface area contributed by atoms with E-state index >= 15 is 0 Å². The zero-order valence-corrected chi connectivity index (χ0v) is 33.1. The molecule has 0 aliphatic carbocycles. The van der Waals surface area contributed by atoms with Crippen LogP contribution in [0, 0.1) is 0 Å². The number of carbonyl (C=O) groups excluding carboxylic acids is 2. The van der Waals surface area contributed by atoms with Crippen LogP contribution in [0.25, 0.3) is 44.3 Å². The minimum atomic E-state index is -1.27. The van der Waals surface area contributed by atoms with Crippen molar-refractivity contribution in [3.63, 3.8) is 0 Å². The molecule has 18 nitrogen and oxygen atoms in total. The van der Waals surface area contributed by atoms with E-state index < -0.39 is 24.6 Å². The molecule has 5 N–H and O–H groups in total. The number of aromatic nitrogens is 8. The number of carbonyl (C=O) groups is 3. The normalized spacial score (nSPS) is 19.1. The highest BCUT2D eigenvalue weighted by atomic mass is 16.9. The Hall–Kier alpha value is -6.89. The number of nitrogens with one attached hydrogen (secondary N) is 4. The number of carboxylic acid groups (broad SMARTS) is 1. The Morgan fingerprint density at radius 2 is 1.20 bits per heavy atom. The zero-order valence-electron chi connectivity index (χ0n) is 33.1. The number of imidazole rings is 2. The van der Waals surface area contributed by atoms with Crippen molar-refractivity contribution < 1.29 is 29.0 Å². The van der Waals surface area contributed by atoms with E-state index in [-0.39, 0.29) is 37.2 Å². The molecule has 3 aromatic carbocycles. The first kappa shape index (κ1) is 38.3. The van der Waals surface area contributed by atoms with Crippen LogP contribution in [0.3, 0.4) is 0 Å². The van der Waals surface area contributed by atoms with E-state index in [2.05, 4.69) is 67.2 Å². The predicted molar refractivity (Wildman–Crippen MR) is 221 cm³/mol. The van der Waals surface area contributed by atoms with Crippen molar-refractivity contribution in [1.29, 1.82) is 0 Å². The van der Waals surface area contributed by atoms with E-state index in [0.29, 0.717) is 31.9 Å². The number of benzene rings is 3. The van der Waals surface area contributed by atoms with Crippen LogP contribution in [-0.2, 0) is 32.2 Å². The fourth-order valence-corrected chi connectivity index (χ4v) is 8.74. The average molecular weight is 825 g/mol. The van der Waals surface area contributed by atoms with Gasteiger partial charge in [0.2, 0.25) is 18.2 Å². The Labute approximate surface area is 348 Å². The molecule has 4 aromatic heterocycles. The number of nitrogens with zero attached hydrogens (tertiary/aromatic N) is 8. The minimum absolute atomic E-state index is 0.0549. The van der Waals surface area contributed by atoms with Gasteiger partial charge in [-0.2, -0.15) is 10.2 Å². The summed E-state index contributed by atoms with van der Waals surface area (Å²) in [5.74, 6) is 1.07. The highest BCUT2D eigenvalue weighted by molar-refractivity contribution is 5.87. The molecule has 0 saturated carbocycles. The Kier molecular flexibility index (Phi) is 10.2. The maximum absolute atomic E-state index is 14.0. The summed E-state index contributed by atoms with van der Waals surface area (Å²) in [6.45, 7) is 1.75. The summed E-state index contributed by atoms with van der Waals surface area (Å²) in [4.78, 5) is 59.8. The van der Waals surface area contributed by atoms with Gasteiger partial charge >= 0.3 is 6.09 Å². The van der Waals surface area contributed by atoms with Crippen molar-refractivity contribution >= 4 is 40.0 Å². The third-order valence-electron chi connectivity index (χ3n) is 11.8. The molecule has 0 spiro atoms. The number of rotatable bonds is 13. The van der Waals surface area contributed by atoms with Gasteiger partial charge in [-0.15, -0.1) is 0 Å². The van der Waals surface area contributed by atoms with Gasteiger partial charge in [-0.05, 0) is 84.3 Å². The largest absolute Gasteiger partial charge is 0.465 e. The molecule has 0 bridgehead atoms. The molecule has 312 valence electrons. The van der Waals surface area contributed by atoms with Gasteiger partial charge in [0.25, 0.3) is 0 Å². The highest BCUT2D eigenvalue weighted by Crippen LogP contribution is 2.35. The Balaban J connectivity index is 0.833. The Morgan fingerprint density at radius 1 is 0.705 bits per heavy atom. The van der Waals surface area contributed by atoms with Crippen LogP contribution in [0.4, 0.5) is 4.79 Å². The smallest absolute Gasteiger partial charge is 0.405 e. The van der Waals surface area contributed by atoms with Crippen LogP contribution >= 0.6 is 0 Å². The number of hydrogen-bond acceptors (Lipinski definition) is 10. The van der Waals surface area contributed by atoms with E-state index in [1.807, 2.05) is 41.4 Å². The summed E-state index contributed by atoms with van der Waals surface area (Å²) >= 11 is 0. The standard InChI is InChI=1S/C43H44N12O6/c56-40(34(50-42(58)59)23-52-17-3-15-44-52)54-19-1-5-36(54)38-46-30-13-11-28(21-32(30)48-38)26-7-9-27(10-8-26)29-12-14-31-33(22-29)49-39(47-31)37-6-2-20-55(37)41(57)35(51-43-60-25-61-43)24-53-18-4-16-45-53/h3-4,7-18,21-22,34-37,43,50-51H,1-2,5-6,19-20,23-25H2,(H,46,48)(H,47,49)(H,58,59)/t34-,35-,36-,37-/m0/s1. The van der Waals surface area contributed by atoms with E-state index in [0.717, 1.165) is 69.4 Å². The first-order valence-corrected chi connectivity index (χ1v) is 20.5. The number of likely N-dealkylation sites (tertiary alicyclic amines) is 2. The number of ether oxygens (including phenoxy) is 2. The molecule has 61 heavy (non-hydrogen) atoms. The van der Waals surface area contributed by atoms with Crippen LogP contribution in [0.2, 0.25) is 0 Å². The molecule has 0 unspecified atom stereocenters. The number of H-pyrrole nitrogens is 2. The quantitative estimate of drug-likeness (QED) is 0.107. The lowest BCUT2D eigenvalue weighted by Gasteiger charge is -2.33. The summed E-state index contributed by atoms with van der Waals surface area (Å²) in [5.41, 5.74) is 7.45. The van der Waals surface area contributed by atoms with Crippen molar-refractivity contribution in [2.45, 2.75) is 69.4 Å². The zero-order chi connectivity index (χ0) is 41.5. The van der Waals surface area contributed by atoms with E-state index in [9.17, 15) is 19.5 Å². The van der Waals surface area contributed by atoms with Gasteiger partial charge in [0.15, 0.2) is 6.79 Å². The van der Waals surface area contributed by atoms with Crippen LogP contribution in [-0.4, -0.2) is 111 Å². The van der Waals surface area contributed by atoms with Gasteiger partial charge in [0.1, 0.15) is 23.7 Å². The van der Waals surface area contributed by atoms with E-state index in [4.69, 9.17) is 19.4 Å². The third kappa shape index (κ3) is 7.83. The molecule has 4 atom stereocenters. The lowest BCUT2D eigenvalue weighted by molar-refractivity contribution is -0.335. The molecule has 18 heteroatoms. The van der Waals surface area contributed by atoms with Gasteiger partial charge in [0.05, 0.1) is 47.2 Å². The van der Waals surface area contributed by atoms with Gasteiger partial charge < -0.3 is 39.7 Å². The summed E-state index contributed by atoms with van der Waals surface area (Å²) in [7, 11) is 0. The SMILES string of the molecule is O=C(O)N[C@@H](Cn1cccn1)C(=O)N1CCC[C@H]1c1nc2cc(-c3ccc(-c4ccc5[nH]c([C@@H]6CCCN6C(=O)[C@H](Cn6cccn6)NC6OCO6)nc5c4)cc3)ccc2[nH]1. The Morgan fingerprint density at radius 3 is 1.66 bits per heavy atom. The highest BCUT2D eigenvalue weighted by Gasteiger charge is 2.39. The first-order chi connectivity index (χ1) is 29.8. The Bertz CT molecular complexity index is 2670. The minimum Gasteiger partial charge on any atom is -0.465 e. The number of aromatic amines is 2. The molecule has 0 radical (unpaired) electrons. The molecule has 3 aliphatic rings. The average Bonchev–Trinajstić information content (AvgIpc) is 4.11. The van der Waals surface area contributed by atoms with E-state index in [1.54, 1.807) is 38.9 Å². The van der Waals surface area contributed by atoms with Crippen LogP contribution < -0.4 is 10.6 Å². The van der Waals surface area contributed by atoms with E-state index in [1.165, 1.54) is 0 Å². The van der Waals surface area contributed by atoms with Gasteiger partial charge in [0, 0.05) is 37.9 Å². The lowest BCUT2D eigenvalue weighted by atomic mass is 10.00. The molecule has 7 aromatic rings. The number of fused-ring (bicyclic) bond motifs is 2. The molecule has 10 rings (SSSR count). The lowest BCUT2D eigenvalue weighted by Crippen LogP contribution is -2.56. The summed E-state index contributed by atoms with van der Waals surface area (Å²) < 4.78 is 14.1. The molecule has 3 fully saturated rings. The second-order valence-corrected chi connectivity index (χ2v) is 15.6. The second-order valence-electron chi connectivity index (χ2n) is 15.6. The maximum atomic E-state index is 14.0. The number of hydrogen-bond donors (Lipinski definition) is 5. The third-order valence-corrected chi connectivity index (χ3v) is 11.8. The molecule has 7 heterocycles. The van der Waals surface area contributed by atoms with Crippen molar-refractivity contribution in [3.05, 3.63) is 109 Å². The first-order valence-electron chi connectivity index (χ1n) is 20.5. The van der Waals surface area contributed by atoms with Crippen molar-refractivity contribution in [1.82, 2.24) is 59.9 Å². The summed E-state index contributed by atoms with van der Waals surface area (Å²) in [5, 5.41) is 23.5. The maximum Gasteiger partial charge on any atom is 0.405 e. The molecule has 3 saturated heterocycles. The number of amides is 3. The molecular weight excluding hydrogens is 781 g/mol. The molecule has 3 aliphatic heterocycles. The van der Waals surface area contributed by atoms with Gasteiger partial charge in [-0.3, -0.25) is 24.3 Å². The van der Waals surface area contributed by atoms with Crippen molar-refractivity contribution in [2.75, 3.05) is 19.9 Å². The summed E-state index contributed by atoms with van der Waals surface area (Å²) in [6.07, 6.45) is 8.07.